The molecule has 0 bridgehead atoms. The van der Waals surface area contributed by atoms with Gasteiger partial charge in [0.1, 0.15) is 0 Å². The zero-order valence-electron chi connectivity index (χ0n) is 30.9. The fourth-order valence-corrected chi connectivity index (χ4v) is 8.26. The van der Waals surface area contributed by atoms with Crippen molar-refractivity contribution in [3.05, 3.63) is 206 Å². The smallest absolute Gasteiger partial charge is 0.164 e. The van der Waals surface area contributed by atoms with Gasteiger partial charge < -0.3 is 4.57 Å². The zero-order valence-corrected chi connectivity index (χ0v) is 30.9. The van der Waals surface area contributed by atoms with Crippen LogP contribution >= 0.6 is 0 Å². The van der Waals surface area contributed by atoms with E-state index in [9.17, 15) is 0 Å². The van der Waals surface area contributed by atoms with Crippen molar-refractivity contribution in [3.63, 3.8) is 0 Å². The van der Waals surface area contributed by atoms with Crippen molar-refractivity contribution in [2.75, 3.05) is 0 Å². The van der Waals surface area contributed by atoms with Crippen LogP contribution in [-0.2, 0) is 0 Å². The first-order chi connectivity index (χ1) is 28.2. The third-order valence-corrected chi connectivity index (χ3v) is 11.0. The second-order valence-electron chi connectivity index (χ2n) is 14.4. The highest BCUT2D eigenvalue weighted by molar-refractivity contribution is 6.20. The van der Waals surface area contributed by atoms with E-state index in [4.69, 9.17) is 15.0 Å². The quantitative estimate of drug-likeness (QED) is 0.171. The fraction of sp³-hybridized carbons (Fsp3) is 0. The van der Waals surface area contributed by atoms with E-state index in [0.717, 1.165) is 39.1 Å². The minimum Gasteiger partial charge on any atom is -0.309 e. The molecule has 266 valence electrons. The van der Waals surface area contributed by atoms with Crippen LogP contribution in [0.15, 0.2) is 206 Å². The lowest BCUT2D eigenvalue weighted by Crippen LogP contribution is -2.01. The van der Waals surface area contributed by atoms with E-state index in [2.05, 4.69) is 187 Å². The third-order valence-electron chi connectivity index (χ3n) is 11.0. The Bertz CT molecular complexity index is 3280. The molecule has 0 atom stereocenters. The third kappa shape index (κ3) is 5.74. The van der Waals surface area contributed by atoms with Crippen LogP contribution in [-0.4, -0.2) is 19.5 Å². The first-order valence-corrected chi connectivity index (χ1v) is 19.3. The summed E-state index contributed by atoms with van der Waals surface area (Å²) >= 11 is 0. The van der Waals surface area contributed by atoms with E-state index in [-0.39, 0.29) is 0 Å². The van der Waals surface area contributed by atoms with Gasteiger partial charge in [-0.2, -0.15) is 0 Å². The number of hydrogen-bond donors (Lipinski definition) is 0. The monoisotopic (exact) mass is 726 g/mol. The van der Waals surface area contributed by atoms with Gasteiger partial charge in [0, 0.05) is 38.5 Å². The number of nitrogens with zero attached hydrogens (tertiary/aromatic N) is 4. The van der Waals surface area contributed by atoms with Crippen LogP contribution < -0.4 is 0 Å². The largest absolute Gasteiger partial charge is 0.309 e. The Hall–Kier alpha value is -7.69. The van der Waals surface area contributed by atoms with Crippen molar-refractivity contribution >= 4 is 43.4 Å². The number of benzene rings is 9. The van der Waals surface area contributed by atoms with Gasteiger partial charge in [-0.15, -0.1) is 0 Å². The molecule has 57 heavy (non-hydrogen) atoms. The van der Waals surface area contributed by atoms with Crippen LogP contribution in [0.4, 0.5) is 0 Å². The molecule has 2 aromatic heterocycles. The lowest BCUT2D eigenvalue weighted by atomic mass is 9.98. The number of rotatable bonds is 6. The normalized spacial score (nSPS) is 11.5. The summed E-state index contributed by atoms with van der Waals surface area (Å²) in [5, 5.41) is 7.37. The molecule has 0 aliphatic heterocycles. The van der Waals surface area contributed by atoms with Gasteiger partial charge in [-0.05, 0) is 62.7 Å². The number of hydrogen-bond acceptors (Lipinski definition) is 3. The second-order valence-corrected chi connectivity index (χ2v) is 14.4. The van der Waals surface area contributed by atoms with Crippen LogP contribution in [0.3, 0.4) is 0 Å². The van der Waals surface area contributed by atoms with Gasteiger partial charge >= 0.3 is 0 Å². The maximum atomic E-state index is 5.18. The van der Waals surface area contributed by atoms with Crippen molar-refractivity contribution in [3.8, 4) is 62.1 Å². The molecule has 0 aliphatic rings. The molecule has 2 heterocycles. The highest BCUT2D eigenvalue weighted by Crippen LogP contribution is 2.40. The molecule has 0 radical (unpaired) electrons. The summed E-state index contributed by atoms with van der Waals surface area (Å²) in [6.45, 7) is 0. The fourth-order valence-electron chi connectivity index (χ4n) is 8.26. The van der Waals surface area contributed by atoms with Gasteiger partial charge in [-0.25, -0.2) is 15.0 Å². The van der Waals surface area contributed by atoms with E-state index < -0.39 is 0 Å². The van der Waals surface area contributed by atoms with Crippen LogP contribution in [0.5, 0.6) is 0 Å². The van der Waals surface area contributed by atoms with Gasteiger partial charge in [0.15, 0.2) is 17.5 Å². The Morgan fingerprint density at radius 2 is 0.842 bits per heavy atom. The molecular weight excluding hydrogens is 693 g/mol. The highest BCUT2D eigenvalue weighted by Gasteiger charge is 2.19. The topological polar surface area (TPSA) is 43.6 Å². The summed E-state index contributed by atoms with van der Waals surface area (Å²) in [4.78, 5) is 15.3. The van der Waals surface area contributed by atoms with Crippen molar-refractivity contribution in [1.29, 1.82) is 0 Å². The average Bonchev–Trinajstić information content (AvgIpc) is 3.62. The molecule has 0 N–H and O–H groups in total. The standard InChI is InChI=1S/C53H34N4/c1-3-14-35(15-4-1)36-26-28-39(29-27-36)52-54-51(38-17-5-2-6-18-38)55-53(56-52)47-25-12-11-23-44(47)42-21-13-22-43(32-42)57-49-34-41-20-8-7-19-40(41)33-48(49)46-31-30-37-16-9-10-24-45(37)50(46)57/h1-34H. The maximum Gasteiger partial charge on any atom is 0.164 e. The van der Waals surface area contributed by atoms with E-state index in [1.807, 2.05) is 24.3 Å². The Labute approximate surface area is 330 Å². The first-order valence-electron chi connectivity index (χ1n) is 19.3. The molecule has 11 rings (SSSR count). The Balaban J connectivity index is 1.09. The molecule has 0 spiro atoms. The van der Waals surface area contributed by atoms with Gasteiger partial charge in [0.2, 0.25) is 0 Å². The molecule has 11 aromatic rings. The molecular formula is C53H34N4. The summed E-state index contributed by atoms with van der Waals surface area (Å²) < 4.78 is 2.44. The summed E-state index contributed by atoms with van der Waals surface area (Å²) in [7, 11) is 0. The summed E-state index contributed by atoms with van der Waals surface area (Å²) in [6.07, 6.45) is 0. The summed E-state index contributed by atoms with van der Waals surface area (Å²) in [6, 6.07) is 72.9. The maximum absolute atomic E-state index is 5.18. The SMILES string of the molecule is c1ccc(-c2ccc(-c3nc(-c4ccccc4)nc(-c4ccccc4-c4cccc(-n5c6cc7ccccc7cc6c6ccc7ccccc7c65)c4)n3)cc2)cc1. The van der Waals surface area contributed by atoms with Gasteiger partial charge in [-0.1, -0.05) is 182 Å². The molecule has 4 nitrogen and oxygen atoms in total. The van der Waals surface area contributed by atoms with Crippen molar-refractivity contribution in [1.82, 2.24) is 19.5 Å². The van der Waals surface area contributed by atoms with Crippen molar-refractivity contribution in [2.24, 2.45) is 0 Å². The Morgan fingerprint density at radius 1 is 0.298 bits per heavy atom. The lowest BCUT2D eigenvalue weighted by molar-refractivity contribution is 1.07. The minimum absolute atomic E-state index is 0.626. The van der Waals surface area contributed by atoms with Crippen molar-refractivity contribution < 1.29 is 0 Å². The predicted molar refractivity (Wildman–Crippen MR) is 236 cm³/mol. The second kappa shape index (κ2) is 13.6. The highest BCUT2D eigenvalue weighted by atomic mass is 15.0. The van der Waals surface area contributed by atoms with Gasteiger partial charge in [0.05, 0.1) is 11.0 Å². The average molecular weight is 727 g/mol. The Kier molecular flexibility index (Phi) is 7.78. The van der Waals surface area contributed by atoms with Crippen LogP contribution in [0.25, 0.3) is 105 Å². The lowest BCUT2D eigenvalue weighted by Gasteiger charge is -2.14. The molecule has 0 saturated carbocycles. The van der Waals surface area contributed by atoms with Gasteiger partial charge in [-0.3, -0.25) is 0 Å². The van der Waals surface area contributed by atoms with Gasteiger partial charge in [0.25, 0.3) is 0 Å². The first kappa shape index (κ1) is 32.7. The van der Waals surface area contributed by atoms with Crippen molar-refractivity contribution in [2.45, 2.75) is 0 Å². The molecule has 0 aliphatic carbocycles. The summed E-state index contributed by atoms with van der Waals surface area (Å²) in [5.74, 6) is 1.89. The summed E-state index contributed by atoms with van der Waals surface area (Å²) in [5.41, 5.74) is 10.7. The number of aromatic nitrogens is 4. The van der Waals surface area contributed by atoms with Crippen LogP contribution in [0, 0.1) is 0 Å². The predicted octanol–water partition coefficient (Wildman–Crippen LogP) is 13.6. The Morgan fingerprint density at radius 3 is 1.60 bits per heavy atom. The number of fused-ring (bicyclic) bond motifs is 6. The molecule has 0 amide bonds. The van der Waals surface area contributed by atoms with E-state index in [1.165, 1.54) is 48.9 Å². The van der Waals surface area contributed by atoms with E-state index in [0.29, 0.717) is 17.5 Å². The zero-order chi connectivity index (χ0) is 37.7. The van der Waals surface area contributed by atoms with Crippen LogP contribution in [0.1, 0.15) is 0 Å². The molecule has 0 unspecified atom stereocenters. The van der Waals surface area contributed by atoms with E-state index >= 15 is 0 Å². The molecule has 0 saturated heterocycles. The molecule has 0 fully saturated rings. The van der Waals surface area contributed by atoms with E-state index in [1.54, 1.807) is 0 Å². The molecule has 4 heteroatoms. The van der Waals surface area contributed by atoms with Crippen LogP contribution in [0.2, 0.25) is 0 Å². The molecule has 9 aromatic carbocycles. The minimum atomic E-state index is 0.626.